The van der Waals surface area contributed by atoms with Crippen molar-refractivity contribution in [2.45, 2.75) is 19.9 Å². The Balaban J connectivity index is 1.66. The highest BCUT2D eigenvalue weighted by molar-refractivity contribution is 5.97. The predicted octanol–water partition coefficient (Wildman–Crippen LogP) is 2.91. The number of carbonyl (C=O) groups is 1. The van der Waals surface area contributed by atoms with E-state index in [1.807, 2.05) is 61.7 Å². The maximum atomic E-state index is 13.2. The molecule has 4 aromatic rings. The van der Waals surface area contributed by atoms with Gasteiger partial charge in [0.05, 0.1) is 11.9 Å². The number of aromatic nitrogens is 4. The van der Waals surface area contributed by atoms with E-state index in [4.69, 9.17) is 0 Å². The Hall–Kier alpha value is -3.74. The second-order valence-electron chi connectivity index (χ2n) is 8.08. The molecule has 0 spiro atoms. The lowest BCUT2D eigenvalue weighted by Gasteiger charge is -2.29. The summed E-state index contributed by atoms with van der Waals surface area (Å²) < 4.78 is 3.48. The quantitative estimate of drug-likeness (QED) is 0.507. The van der Waals surface area contributed by atoms with Gasteiger partial charge in [0.15, 0.2) is 0 Å². The molecule has 0 fully saturated rings. The van der Waals surface area contributed by atoms with Crippen LogP contribution in [0.1, 0.15) is 18.2 Å². The van der Waals surface area contributed by atoms with Crippen LogP contribution in [0.2, 0.25) is 0 Å². The first kappa shape index (κ1) is 19.2. The molecule has 0 atom stereocenters. The number of nitrogens with zero attached hydrogens (tertiary/aromatic N) is 5. The van der Waals surface area contributed by atoms with Crippen LogP contribution in [0.3, 0.4) is 0 Å². The first-order valence-electron chi connectivity index (χ1n) is 10.3. The van der Waals surface area contributed by atoms with Gasteiger partial charge in [0.2, 0.25) is 5.91 Å². The molecule has 1 aliphatic rings. The molecule has 0 saturated carbocycles. The summed E-state index contributed by atoms with van der Waals surface area (Å²) in [5.74, 6) is 0.0540. The van der Waals surface area contributed by atoms with E-state index in [9.17, 15) is 9.59 Å². The number of aryl methyl sites for hydroxylation is 1. The zero-order chi connectivity index (χ0) is 21.7. The van der Waals surface area contributed by atoms with Crippen molar-refractivity contribution >= 4 is 16.7 Å². The van der Waals surface area contributed by atoms with Crippen molar-refractivity contribution in [2.24, 2.45) is 14.1 Å². The fraction of sp³-hybridized carbons (Fsp3) is 0.250. The molecule has 7 nitrogen and oxygen atoms in total. The van der Waals surface area contributed by atoms with Crippen LogP contribution >= 0.6 is 0 Å². The summed E-state index contributed by atoms with van der Waals surface area (Å²) in [6, 6.07) is 9.93. The second kappa shape index (κ2) is 7.19. The van der Waals surface area contributed by atoms with Gasteiger partial charge in [-0.15, -0.1) is 0 Å². The molecule has 0 N–H and O–H groups in total. The summed E-state index contributed by atoms with van der Waals surface area (Å²) in [5.41, 5.74) is 5.27. The standard InChI is InChI=1S/C24H23N5O2/c1-15(30)29-8-7-23-17(14-29)9-20(24(31)28(23)3)19-6-4-5-16-10-22(25-12-21(16)19)18-11-26-27(2)13-18/h4-6,9-13H,7-8,14H2,1-3H3. The maximum absolute atomic E-state index is 13.2. The van der Waals surface area contributed by atoms with Crippen molar-refractivity contribution in [3.8, 4) is 22.4 Å². The maximum Gasteiger partial charge on any atom is 0.258 e. The first-order chi connectivity index (χ1) is 14.9. The normalized spacial score (nSPS) is 13.5. The third kappa shape index (κ3) is 3.22. The Morgan fingerprint density at radius 1 is 1.10 bits per heavy atom. The van der Waals surface area contributed by atoms with Crippen LogP contribution in [0.15, 0.2) is 53.7 Å². The molecule has 5 rings (SSSR count). The van der Waals surface area contributed by atoms with Gasteiger partial charge in [0, 0.05) is 75.1 Å². The van der Waals surface area contributed by atoms with Gasteiger partial charge in [-0.3, -0.25) is 19.3 Å². The number of carbonyl (C=O) groups excluding carboxylic acids is 1. The number of fused-ring (bicyclic) bond motifs is 2. The monoisotopic (exact) mass is 413 g/mol. The van der Waals surface area contributed by atoms with E-state index in [1.165, 1.54) is 0 Å². The highest BCUT2D eigenvalue weighted by Crippen LogP contribution is 2.30. The minimum absolute atomic E-state index is 0.0288. The topological polar surface area (TPSA) is 73.0 Å². The molecule has 0 unspecified atom stereocenters. The Morgan fingerprint density at radius 3 is 2.68 bits per heavy atom. The molecule has 0 bridgehead atoms. The van der Waals surface area contributed by atoms with E-state index in [-0.39, 0.29) is 11.5 Å². The Morgan fingerprint density at radius 2 is 1.94 bits per heavy atom. The molecule has 31 heavy (non-hydrogen) atoms. The molecule has 4 heterocycles. The smallest absolute Gasteiger partial charge is 0.258 e. The van der Waals surface area contributed by atoms with Gasteiger partial charge in [-0.1, -0.05) is 18.2 Å². The zero-order valence-corrected chi connectivity index (χ0v) is 17.8. The summed E-state index contributed by atoms with van der Waals surface area (Å²) in [6.07, 6.45) is 6.23. The average molecular weight is 413 g/mol. The van der Waals surface area contributed by atoms with Gasteiger partial charge in [0.1, 0.15) is 0 Å². The van der Waals surface area contributed by atoms with E-state index in [2.05, 4.69) is 10.1 Å². The van der Waals surface area contributed by atoms with Gasteiger partial charge in [-0.2, -0.15) is 5.10 Å². The average Bonchev–Trinajstić information content (AvgIpc) is 3.21. The molecule has 7 heteroatoms. The molecule has 1 amide bonds. The molecular weight excluding hydrogens is 390 g/mol. The van der Waals surface area contributed by atoms with Crippen molar-refractivity contribution in [1.29, 1.82) is 0 Å². The number of amides is 1. The highest BCUT2D eigenvalue weighted by Gasteiger charge is 2.23. The Labute approximate surface area is 179 Å². The Kier molecular flexibility index (Phi) is 4.46. The number of hydrogen-bond acceptors (Lipinski definition) is 4. The third-order valence-electron chi connectivity index (χ3n) is 6.11. The minimum atomic E-state index is -0.0288. The van der Waals surface area contributed by atoms with E-state index < -0.39 is 0 Å². The highest BCUT2D eigenvalue weighted by atomic mass is 16.2. The molecule has 3 aromatic heterocycles. The predicted molar refractivity (Wildman–Crippen MR) is 119 cm³/mol. The van der Waals surface area contributed by atoms with Gasteiger partial charge < -0.3 is 9.47 Å². The number of rotatable bonds is 2. The van der Waals surface area contributed by atoms with E-state index in [0.29, 0.717) is 25.1 Å². The van der Waals surface area contributed by atoms with E-state index in [1.54, 1.807) is 22.4 Å². The van der Waals surface area contributed by atoms with Crippen molar-refractivity contribution < 1.29 is 4.79 Å². The fourth-order valence-corrected chi connectivity index (χ4v) is 4.41. The lowest BCUT2D eigenvalue weighted by Crippen LogP contribution is -2.37. The van der Waals surface area contributed by atoms with Gasteiger partial charge >= 0.3 is 0 Å². The molecular formula is C24H23N5O2. The molecule has 1 aromatic carbocycles. The SMILES string of the molecule is CC(=O)N1CCc2c(cc(-c3cccc4cc(-c5cnn(C)c5)ncc34)c(=O)n2C)C1. The number of pyridine rings is 2. The van der Waals surface area contributed by atoms with Gasteiger partial charge in [0.25, 0.3) is 5.56 Å². The number of benzene rings is 1. The molecule has 156 valence electrons. The third-order valence-corrected chi connectivity index (χ3v) is 6.11. The first-order valence-corrected chi connectivity index (χ1v) is 10.3. The van der Waals surface area contributed by atoms with Crippen molar-refractivity contribution in [2.75, 3.05) is 6.54 Å². The molecule has 0 saturated heterocycles. The summed E-state index contributed by atoms with van der Waals surface area (Å²) in [7, 11) is 3.69. The molecule has 1 aliphatic heterocycles. The van der Waals surface area contributed by atoms with Crippen molar-refractivity contribution in [3.05, 3.63) is 70.5 Å². The minimum Gasteiger partial charge on any atom is -0.338 e. The van der Waals surface area contributed by atoms with Crippen LogP contribution in [0.25, 0.3) is 33.2 Å². The van der Waals surface area contributed by atoms with Gasteiger partial charge in [-0.25, -0.2) is 0 Å². The Bertz CT molecular complexity index is 1400. The van der Waals surface area contributed by atoms with Crippen LogP contribution in [0, 0.1) is 0 Å². The summed E-state index contributed by atoms with van der Waals surface area (Å²) in [5, 5.41) is 6.16. The fourth-order valence-electron chi connectivity index (χ4n) is 4.41. The van der Waals surface area contributed by atoms with E-state index >= 15 is 0 Å². The summed E-state index contributed by atoms with van der Waals surface area (Å²) in [6.45, 7) is 2.76. The van der Waals surface area contributed by atoms with Crippen LogP contribution in [0.5, 0.6) is 0 Å². The molecule has 0 aliphatic carbocycles. The largest absolute Gasteiger partial charge is 0.338 e. The summed E-state index contributed by atoms with van der Waals surface area (Å²) in [4.78, 5) is 31.6. The lowest BCUT2D eigenvalue weighted by molar-refractivity contribution is -0.129. The van der Waals surface area contributed by atoms with Crippen LogP contribution in [-0.4, -0.2) is 36.7 Å². The lowest BCUT2D eigenvalue weighted by atomic mass is 9.96. The summed E-state index contributed by atoms with van der Waals surface area (Å²) >= 11 is 0. The van der Waals surface area contributed by atoms with Crippen molar-refractivity contribution in [1.82, 2.24) is 24.2 Å². The molecule has 0 radical (unpaired) electrons. The van der Waals surface area contributed by atoms with Crippen LogP contribution in [0.4, 0.5) is 0 Å². The van der Waals surface area contributed by atoms with E-state index in [0.717, 1.165) is 38.9 Å². The van der Waals surface area contributed by atoms with Crippen LogP contribution in [-0.2, 0) is 31.9 Å². The van der Waals surface area contributed by atoms with Crippen LogP contribution < -0.4 is 5.56 Å². The van der Waals surface area contributed by atoms with Gasteiger partial charge in [-0.05, 0) is 28.6 Å². The second-order valence-corrected chi connectivity index (χ2v) is 8.08. The van der Waals surface area contributed by atoms with Crippen molar-refractivity contribution in [3.63, 3.8) is 0 Å². The zero-order valence-electron chi connectivity index (χ0n) is 17.8. The number of hydrogen-bond donors (Lipinski definition) is 0.